The van der Waals surface area contributed by atoms with Crippen molar-refractivity contribution in [3.8, 4) is 11.1 Å². The first-order valence-corrected chi connectivity index (χ1v) is 13.6. The van der Waals surface area contributed by atoms with Crippen LogP contribution in [0.25, 0.3) is 22.0 Å². The summed E-state index contributed by atoms with van der Waals surface area (Å²) in [5.41, 5.74) is 4.58. The van der Waals surface area contributed by atoms with E-state index < -0.39 is 0 Å². The average molecular weight is 498 g/mol. The van der Waals surface area contributed by atoms with Crippen LogP contribution in [0.1, 0.15) is 50.8 Å². The Morgan fingerprint density at radius 3 is 2.78 bits per heavy atom. The molecular weight excluding hydrogens is 462 g/mol. The van der Waals surface area contributed by atoms with Crippen molar-refractivity contribution in [1.29, 1.82) is 0 Å². The second-order valence-corrected chi connectivity index (χ2v) is 10.6. The van der Waals surface area contributed by atoms with E-state index in [2.05, 4.69) is 58.1 Å². The van der Waals surface area contributed by atoms with Gasteiger partial charge in [-0.3, -0.25) is 9.48 Å². The predicted octanol–water partition coefficient (Wildman–Crippen LogP) is 5.47. The molecule has 2 aliphatic heterocycles. The van der Waals surface area contributed by atoms with Gasteiger partial charge < -0.3 is 9.64 Å². The molecule has 7 nitrogen and oxygen atoms in total. The lowest BCUT2D eigenvalue weighted by atomic mass is 10.1. The first kappa shape index (κ1) is 23.9. The van der Waals surface area contributed by atoms with Crippen LogP contribution in [0, 0.1) is 5.92 Å². The fourth-order valence-electron chi connectivity index (χ4n) is 5.90. The van der Waals surface area contributed by atoms with Crippen molar-refractivity contribution in [3.05, 3.63) is 72.7 Å². The van der Waals surface area contributed by atoms with E-state index in [0.717, 1.165) is 67.4 Å². The second-order valence-electron chi connectivity index (χ2n) is 10.6. The summed E-state index contributed by atoms with van der Waals surface area (Å²) in [7, 11) is 0. The third-order valence-electron chi connectivity index (χ3n) is 7.91. The molecule has 0 aliphatic carbocycles. The normalized spacial score (nSPS) is 22.1. The zero-order chi connectivity index (χ0) is 25.2. The van der Waals surface area contributed by atoms with E-state index in [4.69, 9.17) is 9.84 Å². The van der Waals surface area contributed by atoms with Crippen LogP contribution in [0.5, 0.6) is 0 Å². The van der Waals surface area contributed by atoms with Crippen LogP contribution in [-0.2, 0) is 22.5 Å². The minimum Gasteiger partial charge on any atom is -0.357 e. The third kappa shape index (κ3) is 5.18. The molecule has 6 rings (SSSR count). The fourth-order valence-corrected chi connectivity index (χ4v) is 5.90. The molecule has 0 bridgehead atoms. The molecule has 2 fully saturated rings. The predicted molar refractivity (Wildman–Crippen MR) is 144 cm³/mol. The highest BCUT2D eigenvalue weighted by Crippen LogP contribution is 2.30. The highest BCUT2D eigenvalue weighted by molar-refractivity contribution is 5.84. The maximum absolute atomic E-state index is 13.0. The average Bonchev–Trinajstić information content (AvgIpc) is 3.67. The lowest BCUT2D eigenvalue weighted by Crippen LogP contribution is -2.34. The molecule has 2 aromatic heterocycles. The smallest absolute Gasteiger partial charge is 0.223 e. The molecule has 0 radical (unpaired) electrons. The van der Waals surface area contributed by atoms with Gasteiger partial charge in [0.15, 0.2) is 0 Å². The zero-order valence-corrected chi connectivity index (χ0v) is 21.5. The molecule has 2 saturated heterocycles. The zero-order valence-electron chi connectivity index (χ0n) is 21.5. The lowest BCUT2D eigenvalue weighted by molar-refractivity contribution is -0.131. The number of aromatic nitrogens is 4. The van der Waals surface area contributed by atoms with Crippen LogP contribution < -0.4 is 0 Å². The number of carbonyl (C=O) groups is 1. The first-order chi connectivity index (χ1) is 18.1. The Hall–Kier alpha value is -3.45. The van der Waals surface area contributed by atoms with Gasteiger partial charge in [0.05, 0.1) is 17.9 Å². The monoisotopic (exact) mass is 497 g/mol. The number of ether oxygens (including phenoxy) is 1. The molecule has 0 N–H and O–H groups in total. The summed E-state index contributed by atoms with van der Waals surface area (Å²) in [4.78, 5) is 15.0. The van der Waals surface area contributed by atoms with Gasteiger partial charge in [0.2, 0.25) is 5.91 Å². The number of rotatable bonds is 7. The minimum absolute atomic E-state index is 0.0487. The summed E-state index contributed by atoms with van der Waals surface area (Å²) in [6.07, 6.45) is 11.7. The number of fused-ring (bicyclic) bond motifs is 1. The van der Waals surface area contributed by atoms with Crippen LogP contribution in [0.15, 0.2) is 67.1 Å². The van der Waals surface area contributed by atoms with E-state index in [1.54, 1.807) is 0 Å². The van der Waals surface area contributed by atoms with Crippen molar-refractivity contribution in [2.24, 2.45) is 5.92 Å². The Morgan fingerprint density at radius 2 is 1.95 bits per heavy atom. The highest BCUT2D eigenvalue weighted by atomic mass is 16.5. The number of nitrogens with zero attached hydrogens (tertiary/aromatic N) is 5. The molecule has 7 heteroatoms. The molecule has 3 atom stereocenters. The molecule has 2 aromatic carbocycles. The van der Waals surface area contributed by atoms with Crippen molar-refractivity contribution in [1.82, 2.24) is 24.5 Å². The molecule has 0 spiro atoms. The van der Waals surface area contributed by atoms with Gasteiger partial charge in [-0.05, 0) is 68.2 Å². The number of likely N-dealkylation sites (tertiary alicyclic amines) is 1. The van der Waals surface area contributed by atoms with E-state index in [1.165, 1.54) is 12.0 Å². The van der Waals surface area contributed by atoms with E-state index in [0.29, 0.717) is 12.3 Å². The molecule has 4 heterocycles. The summed E-state index contributed by atoms with van der Waals surface area (Å²) < 4.78 is 9.94. The quantitative estimate of drug-likeness (QED) is 0.340. The number of carbonyl (C=O) groups excluding carboxylic acids is 1. The van der Waals surface area contributed by atoms with Crippen molar-refractivity contribution < 1.29 is 9.53 Å². The number of benzene rings is 2. The molecule has 1 amide bonds. The fraction of sp³-hybridized carbons (Fsp3) is 0.433. The van der Waals surface area contributed by atoms with Crippen molar-refractivity contribution in [3.63, 3.8) is 0 Å². The molecule has 192 valence electrons. The van der Waals surface area contributed by atoms with Crippen LogP contribution in [0.3, 0.4) is 0 Å². The van der Waals surface area contributed by atoms with Crippen LogP contribution in [0.4, 0.5) is 0 Å². The SMILES string of the molecule is C[C@@H]1C[C@@H](Cn2ncc3cc(-c4cnn(C5CCCCO5)c4)ccc32)CN1C(=O)CCc1ccccc1. The van der Waals surface area contributed by atoms with Crippen LogP contribution in [0.2, 0.25) is 0 Å². The largest absolute Gasteiger partial charge is 0.357 e. The van der Waals surface area contributed by atoms with Gasteiger partial charge >= 0.3 is 0 Å². The van der Waals surface area contributed by atoms with Crippen LogP contribution >= 0.6 is 0 Å². The second kappa shape index (κ2) is 10.5. The van der Waals surface area contributed by atoms with Gasteiger partial charge in [0.1, 0.15) is 6.23 Å². The Labute approximate surface area is 218 Å². The molecule has 1 unspecified atom stereocenters. The van der Waals surface area contributed by atoms with Crippen molar-refractivity contribution in [2.45, 2.75) is 64.3 Å². The minimum atomic E-state index is 0.0487. The van der Waals surface area contributed by atoms with Crippen molar-refractivity contribution in [2.75, 3.05) is 13.2 Å². The molecule has 4 aromatic rings. The van der Waals surface area contributed by atoms with E-state index >= 15 is 0 Å². The first-order valence-electron chi connectivity index (χ1n) is 13.6. The Morgan fingerprint density at radius 1 is 1.05 bits per heavy atom. The van der Waals surface area contributed by atoms with Gasteiger partial charge in [0, 0.05) is 49.3 Å². The Kier molecular flexibility index (Phi) is 6.79. The number of aryl methyl sites for hydroxylation is 1. The molecular formula is C30H35N5O2. The van der Waals surface area contributed by atoms with Gasteiger partial charge in [0.25, 0.3) is 0 Å². The van der Waals surface area contributed by atoms with E-state index in [1.807, 2.05) is 35.3 Å². The Balaban J connectivity index is 1.10. The maximum atomic E-state index is 13.0. The summed E-state index contributed by atoms with van der Waals surface area (Å²) in [6, 6.07) is 17.0. The third-order valence-corrected chi connectivity index (χ3v) is 7.91. The standard InChI is InChI=1S/C30H35N5O2/c1-22-15-24(19-33(22)29(36)13-10-23-7-3-2-4-8-23)20-34-28-12-11-25(16-26(28)17-31-34)27-18-32-35(21-27)30-9-5-6-14-37-30/h2-4,7-8,11-12,16-18,21-22,24,30H,5-6,9-10,13-15,19-20H2,1H3/t22-,24-,30?/m1/s1. The number of amides is 1. The summed E-state index contributed by atoms with van der Waals surface area (Å²) >= 11 is 0. The van der Waals surface area contributed by atoms with E-state index in [9.17, 15) is 4.79 Å². The maximum Gasteiger partial charge on any atom is 0.223 e. The summed E-state index contributed by atoms with van der Waals surface area (Å²) in [6.45, 7) is 4.61. The number of hydrogen-bond donors (Lipinski definition) is 0. The van der Waals surface area contributed by atoms with E-state index in [-0.39, 0.29) is 18.2 Å². The van der Waals surface area contributed by atoms with Crippen LogP contribution in [-0.4, -0.2) is 49.6 Å². The topological polar surface area (TPSA) is 65.2 Å². The van der Waals surface area contributed by atoms with Gasteiger partial charge in [-0.25, -0.2) is 4.68 Å². The van der Waals surface area contributed by atoms with Gasteiger partial charge in [-0.15, -0.1) is 0 Å². The molecule has 0 saturated carbocycles. The van der Waals surface area contributed by atoms with Crippen molar-refractivity contribution >= 4 is 16.8 Å². The number of hydrogen-bond acceptors (Lipinski definition) is 4. The molecule has 37 heavy (non-hydrogen) atoms. The molecule has 2 aliphatic rings. The van der Waals surface area contributed by atoms with Gasteiger partial charge in [-0.2, -0.15) is 10.2 Å². The summed E-state index contributed by atoms with van der Waals surface area (Å²) in [5.74, 6) is 0.667. The summed E-state index contributed by atoms with van der Waals surface area (Å²) in [5, 5.41) is 10.4. The highest BCUT2D eigenvalue weighted by Gasteiger charge is 2.32. The Bertz CT molecular complexity index is 1350. The van der Waals surface area contributed by atoms with Gasteiger partial charge in [-0.1, -0.05) is 36.4 Å². The lowest BCUT2D eigenvalue weighted by Gasteiger charge is -2.22.